The van der Waals surface area contributed by atoms with Crippen molar-refractivity contribution >= 4 is 23.1 Å². The highest BCUT2D eigenvalue weighted by atomic mass is 16.5. The highest BCUT2D eigenvalue weighted by Gasteiger charge is 2.49. The second kappa shape index (κ2) is 10.2. The molecular formula is C28H34N6O3. The predicted molar refractivity (Wildman–Crippen MR) is 142 cm³/mol. The van der Waals surface area contributed by atoms with Gasteiger partial charge in [0.25, 0.3) is 5.56 Å². The molecule has 2 saturated heterocycles. The number of carbonyl (C=O) groups is 1. The van der Waals surface area contributed by atoms with Crippen LogP contribution in [0.5, 0.6) is 0 Å². The molecule has 194 valence electrons. The van der Waals surface area contributed by atoms with Crippen LogP contribution >= 0.6 is 0 Å². The number of amides is 1. The van der Waals surface area contributed by atoms with E-state index in [9.17, 15) is 9.59 Å². The SMILES string of the molecule is O=C(Nc1cc(=O)n2ccccc2n1)C1(c2ccc(N3CCC[C@@H](NCC4CCCC4)C3)cn2)COC1. The molecule has 1 aliphatic carbocycles. The van der Waals surface area contributed by atoms with E-state index in [-0.39, 0.29) is 30.5 Å². The van der Waals surface area contributed by atoms with Crippen molar-refractivity contribution in [2.24, 2.45) is 5.92 Å². The van der Waals surface area contributed by atoms with Gasteiger partial charge in [0, 0.05) is 31.4 Å². The van der Waals surface area contributed by atoms with Crippen LogP contribution in [0, 0.1) is 5.92 Å². The highest BCUT2D eigenvalue weighted by molar-refractivity contribution is 5.99. The molecule has 6 rings (SSSR count). The van der Waals surface area contributed by atoms with E-state index in [0.29, 0.717) is 17.4 Å². The lowest BCUT2D eigenvalue weighted by Crippen LogP contribution is -2.56. The van der Waals surface area contributed by atoms with Crippen molar-refractivity contribution in [3.63, 3.8) is 0 Å². The molecule has 0 spiro atoms. The number of nitrogens with zero attached hydrogens (tertiary/aromatic N) is 4. The van der Waals surface area contributed by atoms with Crippen LogP contribution in [0.4, 0.5) is 11.5 Å². The summed E-state index contributed by atoms with van der Waals surface area (Å²) in [6.07, 6.45) is 11.4. The fourth-order valence-corrected chi connectivity index (χ4v) is 5.84. The summed E-state index contributed by atoms with van der Waals surface area (Å²) in [5.41, 5.74) is 1.08. The average Bonchev–Trinajstić information content (AvgIpc) is 3.41. The van der Waals surface area contributed by atoms with Crippen LogP contribution in [-0.2, 0) is 14.9 Å². The van der Waals surface area contributed by atoms with Gasteiger partial charge < -0.3 is 20.3 Å². The van der Waals surface area contributed by atoms with Gasteiger partial charge in [0.2, 0.25) is 5.91 Å². The summed E-state index contributed by atoms with van der Waals surface area (Å²) >= 11 is 0. The number of piperidine rings is 1. The molecule has 3 fully saturated rings. The molecule has 5 heterocycles. The Hall–Kier alpha value is -3.30. The van der Waals surface area contributed by atoms with Gasteiger partial charge in [0.1, 0.15) is 16.9 Å². The van der Waals surface area contributed by atoms with Gasteiger partial charge in [0.05, 0.1) is 30.8 Å². The molecule has 9 nitrogen and oxygen atoms in total. The first-order valence-electron chi connectivity index (χ1n) is 13.4. The summed E-state index contributed by atoms with van der Waals surface area (Å²) in [6.45, 7) is 3.61. The Bertz CT molecular complexity index is 1310. The fraction of sp³-hybridized carbons (Fsp3) is 0.500. The number of anilines is 2. The normalized spacial score (nSPS) is 21.6. The third kappa shape index (κ3) is 4.85. The van der Waals surface area contributed by atoms with Crippen LogP contribution in [0.15, 0.2) is 53.6 Å². The molecule has 9 heteroatoms. The van der Waals surface area contributed by atoms with Gasteiger partial charge in [-0.2, -0.15) is 0 Å². The number of hydrogen-bond acceptors (Lipinski definition) is 7. The van der Waals surface area contributed by atoms with Crippen molar-refractivity contribution in [3.8, 4) is 0 Å². The zero-order valence-corrected chi connectivity index (χ0v) is 21.1. The smallest absolute Gasteiger partial charge is 0.259 e. The molecule has 2 N–H and O–H groups in total. The number of hydrogen-bond donors (Lipinski definition) is 2. The first-order chi connectivity index (χ1) is 18.1. The number of fused-ring (bicyclic) bond motifs is 1. The number of rotatable bonds is 7. The molecule has 1 saturated carbocycles. The molecule has 3 aromatic rings. The second-order valence-corrected chi connectivity index (χ2v) is 10.7. The van der Waals surface area contributed by atoms with Gasteiger partial charge in [-0.25, -0.2) is 4.98 Å². The molecule has 3 aliphatic rings. The lowest BCUT2D eigenvalue weighted by molar-refractivity contribution is -0.140. The average molecular weight is 503 g/mol. The van der Waals surface area contributed by atoms with Gasteiger partial charge in [-0.05, 0) is 62.4 Å². The molecule has 1 amide bonds. The third-order valence-electron chi connectivity index (χ3n) is 8.14. The summed E-state index contributed by atoms with van der Waals surface area (Å²) in [4.78, 5) is 37.3. The molecule has 1 atom stereocenters. The maximum Gasteiger partial charge on any atom is 0.259 e. The number of carbonyl (C=O) groups excluding carboxylic acids is 1. The predicted octanol–water partition coefficient (Wildman–Crippen LogP) is 2.74. The van der Waals surface area contributed by atoms with Crippen LogP contribution in [0.25, 0.3) is 5.65 Å². The first kappa shape index (κ1) is 24.1. The summed E-state index contributed by atoms with van der Waals surface area (Å²) in [5.74, 6) is 0.807. The molecular weight excluding hydrogens is 468 g/mol. The Labute approximate surface area is 216 Å². The van der Waals surface area contributed by atoms with E-state index in [2.05, 4.69) is 26.6 Å². The summed E-state index contributed by atoms with van der Waals surface area (Å²) in [6, 6.07) is 11.1. The highest BCUT2D eigenvalue weighted by Crippen LogP contribution is 2.33. The monoisotopic (exact) mass is 502 g/mol. The van der Waals surface area contributed by atoms with E-state index in [1.165, 1.54) is 42.6 Å². The molecule has 37 heavy (non-hydrogen) atoms. The van der Waals surface area contributed by atoms with E-state index in [4.69, 9.17) is 9.72 Å². The van der Waals surface area contributed by atoms with E-state index in [1.54, 1.807) is 24.4 Å². The van der Waals surface area contributed by atoms with E-state index < -0.39 is 5.41 Å². The summed E-state index contributed by atoms with van der Waals surface area (Å²) < 4.78 is 6.91. The molecule has 2 aliphatic heterocycles. The molecule has 0 aromatic carbocycles. The van der Waals surface area contributed by atoms with Gasteiger partial charge >= 0.3 is 0 Å². The zero-order chi connectivity index (χ0) is 25.2. The second-order valence-electron chi connectivity index (χ2n) is 10.7. The van der Waals surface area contributed by atoms with Crippen molar-refractivity contribution < 1.29 is 9.53 Å². The Morgan fingerprint density at radius 2 is 1.97 bits per heavy atom. The van der Waals surface area contributed by atoms with E-state index >= 15 is 0 Å². The molecule has 0 bridgehead atoms. The molecule has 0 radical (unpaired) electrons. The van der Waals surface area contributed by atoms with Crippen molar-refractivity contribution in [3.05, 3.63) is 64.8 Å². The van der Waals surface area contributed by atoms with Crippen LogP contribution in [-0.4, -0.2) is 59.2 Å². The Kier molecular flexibility index (Phi) is 6.65. The Morgan fingerprint density at radius 1 is 1.11 bits per heavy atom. The number of nitrogens with one attached hydrogen (secondary N) is 2. The van der Waals surface area contributed by atoms with Crippen molar-refractivity contribution in [1.29, 1.82) is 0 Å². The standard InChI is InChI=1S/C28H34N6O3/c35-26-14-24(31-25-9-3-4-13-34(25)26)32-27(36)28(18-37-19-28)23-11-10-22(16-30-23)33-12-5-8-21(17-33)29-15-20-6-1-2-7-20/h3-4,9-11,13-14,16,20-21,29H,1-2,5-8,12,15,17-19H2,(H,32,36)/t21-/m1/s1. The van der Waals surface area contributed by atoms with Crippen LogP contribution < -0.4 is 21.1 Å². The van der Waals surface area contributed by atoms with Crippen LogP contribution in [0.1, 0.15) is 44.2 Å². The summed E-state index contributed by atoms with van der Waals surface area (Å²) in [7, 11) is 0. The Balaban J connectivity index is 1.13. The maximum absolute atomic E-state index is 13.4. The van der Waals surface area contributed by atoms with E-state index in [0.717, 1.165) is 37.7 Å². The Morgan fingerprint density at radius 3 is 2.73 bits per heavy atom. The van der Waals surface area contributed by atoms with E-state index in [1.807, 2.05) is 12.3 Å². The largest absolute Gasteiger partial charge is 0.378 e. The molecule has 3 aromatic heterocycles. The number of ether oxygens (including phenoxy) is 1. The number of aromatic nitrogens is 3. The van der Waals surface area contributed by atoms with Crippen molar-refractivity contribution in [1.82, 2.24) is 19.7 Å². The minimum Gasteiger partial charge on any atom is -0.378 e. The van der Waals surface area contributed by atoms with Crippen molar-refractivity contribution in [2.45, 2.75) is 50.0 Å². The lowest BCUT2D eigenvalue weighted by atomic mass is 9.81. The zero-order valence-electron chi connectivity index (χ0n) is 21.1. The fourth-order valence-electron chi connectivity index (χ4n) is 5.84. The maximum atomic E-state index is 13.4. The van der Waals surface area contributed by atoms with Crippen molar-refractivity contribution in [2.75, 3.05) is 43.1 Å². The minimum atomic E-state index is -0.894. The topological polar surface area (TPSA) is 101 Å². The third-order valence-corrected chi connectivity index (χ3v) is 8.14. The van der Waals surface area contributed by atoms with Gasteiger partial charge in [-0.1, -0.05) is 18.9 Å². The minimum absolute atomic E-state index is 0.230. The quantitative estimate of drug-likeness (QED) is 0.512. The van der Waals surface area contributed by atoms with Crippen LogP contribution in [0.2, 0.25) is 0 Å². The van der Waals surface area contributed by atoms with Gasteiger partial charge in [-0.15, -0.1) is 0 Å². The summed E-state index contributed by atoms with van der Waals surface area (Å²) in [5, 5.41) is 6.64. The van der Waals surface area contributed by atoms with Gasteiger partial charge in [-0.3, -0.25) is 19.0 Å². The van der Waals surface area contributed by atoms with Gasteiger partial charge in [0.15, 0.2) is 0 Å². The van der Waals surface area contributed by atoms with Crippen LogP contribution in [0.3, 0.4) is 0 Å². The lowest BCUT2D eigenvalue weighted by Gasteiger charge is -2.39. The molecule has 0 unspecified atom stereocenters. The number of pyridine rings is 2. The first-order valence-corrected chi connectivity index (χ1v) is 13.4.